The van der Waals surface area contributed by atoms with Crippen LogP contribution in [0, 0.1) is 16.0 Å². The number of allylic oxidation sites excluding steroid dienone is 3. The average molecular weight is 416 g/mol. The van der Waals surface area contributed by atoms with Crippen LogP contribution in [-0.4, -0.2) is 16.8 Å². The van der Waals surface area contributed by atoms with Crippen molar-refractivity contribution in [2.75, 3.05) is 6.61 Å². The van der Waals surface area contributed by atoms with Crippen LogP contribution in [0.1, 0.15) is 88.3 Å². The Morgan fingerprint density at radius 3 is 2.67 bits per heavy atom. The van der Waals surface area contributed by atoms with Crippen molar-refractivity contribution < 1.29 is 15.0 Å². The molecule has 1 aromatic carbocycles. The van der Waals surface area contributed by atoms with Crippen LogP contribution >= 0.6 is 0 Å². The Kier molecular flexibility index (Phi) is 9.41. The molecule has 0 bridgehead atoms. The molecule has 1 aliphatic rings. The highest BCUT2D eigenvalue weighted by Crippen LogP contribution is 2.44. The van der Waals surface area contributed by atoms with Gasteiger partial charge in [0.1, 0.15) is 5.75 Å². The van der Waals surface area contributed by atoms with Crippen molar-refractivity contribution >= 4 is 0 Å². The van der Waals surface area contributed by atoms with Crippen LogP contribution in [0.3, 0.4) is 0 Å². The minimum Gasteiger partial charge on any atom is -0.508 e. The molecule has 0 fully saturated rings. The second-order valence-corrected chi connectivity index (χ2v) is 8.69. The quantitative estimate of drug-likeness (QED) is 0.179. The highest BCUT2D eigenvalue weighted by atomic mass is 16.9. The monoisotopic (exact) mass is 415 g/mol. The van der Waals surface area contributed by atoms with E-state index in [0.717, 1.165) is 56.1 Å². The molecule has 2 rings (SSSR count). The standard InChI is InChI=1S/C25H37NO4/c1-5-6-7-11-21-16-20(10-8-9-14-30-26(28)29)17-24(27)25(21)23-15-19(4)12-13-22(23)18(2)3/h15-17,22-23,27H,2,5-14H2,1,3-4H3/t22-,23+/m0/s1. The maximum absolute atomic E-state index is 11.1. The van der Waals surface area contributed by atoms with Crippen molar-refractivity contribution in [3.63, 3.8) is 0 Å². The zero-order chi connectivity index (χ0) is 22.1. The topological polar surface area (TPSA) is 72.6 Å². The van der Waals surface area contributed by atoms with Crippen LogP contribution in [-0.2, 0) is 17.7 Å². The van der Waals surface area contributed by atoms with Crippen LogP contribution in [0.15, 0.2) is 35.9 Å². The lowest BCUT2D eigenvalue weighted by atomic mass is 9.72. The third-order valence-electron chi connectivity index (χ3n) is 6.12. The van der Waals surface area contributed by atoms with Gasteiger partial charge in [0.25, 0.3) is 5.09 Å². The molecule has 1 aromatic rings. The van der Waals surface area contributed by atoms with E-state index in [-0.39, 0.29) is 12.5 Å². The molecule has 2 atom stereocenters. The van der Waals surface area contributed by atoms with Crippen molar-refractivity contribution in [3.8, 4) is 5.75 Å². The molecule has 0 amide bonds. The van der Waals surface area contributed by atoms with E-state index in [4.69, 9.17) is 0 Å². The number of unbranched alkanes of at least 4 members (excludes halogenated alkanes) is 3. The summed E-state index contributed by atoms with van der Waals surface area (Å²) >= 11 is 0. The van der Waals surface area contributed by atoms with E-state index in [1.54, 1.807) is 0 Å². The molecule has 0 radical (unpaired) electrons. The first-order chi connectivity index (χ1) is 14.3. The zero-order valence-electron chi connectivity index (χ0n) is 18.8. The highest BCUT2D eigenvalue weighted by molar-refractivity contribution is 5.49. The van der Waals surface area contributed by atoms with Crippen LogP contribution < -0.4 is 0 Å². The van der Waals surface area contributed by atoms with Gasteiger partial charge in [-0.05, 0) is 81.9 Å². The summed E-state index contributed by atoms with van der Waals surface area (Å²) < 4.78 is 0. The van der Waals surface area contributed by atoms with E-state index >= 15 is 0 Å². The van der Waals surface area contributed by atoms with Crippen molar-refractivity contribution in [2.24, 2.45) is 5.92 Å². The minimum absolute atomic E-state index is 0.118. The Labute approximate surface area is 180 Å². The highest BCUT2D eigenvalue weighted by Gasteiger charge is 2.29. The fraction of sp³-hybridized carbons (Fsp3) is 0.600. The summed E-state index contributed by atoms with van der Waals surface area (Å²) in [5.41, 5.74) is 5.96. The number of aryl methyl sites for hydroxylation is 2. The molecule has 0 saturated heterocycles. The molecule has 0 unspecified atom stereocenters. The molecule has 0 heterocycles. The van der Waals surface area contributed by atoms with Gasteiger partial charge >= 0.3 is 0 Å². The lowest BCUT2D eigenvalue weighted by Crippen LogP contribution is -2.18. The fourth-order valence-electron chi connectivity index (χ4n) is 4.54. The normalized spacial score (nSPS) is 18.7. The van der Waals surface area contributed by atoms with E-state index in [9.17, 15) is 15.2 Å². The van der Waals surface area contributed by atoms with Crippen molar-refractivity contribution in [1.29, 1.82) is 0 Å². The van der Waals surface area contributed by atoms with Gasteiger partial charge < -0.3 is 9.94 Å². The second-order valence-electron chi connectivity index (χ2n) is 8.69. The van der Waals surface area contributed by atoms with Gasteiger partial charge in [0, 0.05) is 11.5 Å². The largest absolute Gasteiger partial charge is 0.508 e. The molecular formula is C25H37NO4. The average Bonchev–Trinajstić information content (AvgIpc) is 2.67. The third kappa shape index (κ3) is 6.89. The number of phenols is 1. The first-order valence-electron chi connectivity index (χ1n) is 11.3. The number of hydrogen-bond acceptors (Lipinski definition) is 4. The molecule has 0 saturated carbocycles. The summed E-state index contributed by atoms with van der Waals surface area (Å²) in [6.45, 7) is 10.8. The van der Waals surface area contributed by atoms with E-state index in [1.165, 1.54) is 23.1 Å². The Balaban J connectivity index is 2.28. The van der Waals surface area contributed by atoms with Gasteiger partial charge in [-0.2, -0.15) is 0 Å². The first-order valence-corrected chi connectivity index (χ1v) is 11.3. The van der Waals surface area contributed by atoms with Crippen LogP contribution in [0.25, 0.3) is 0 Å². The summed E-state index contributed by atoms with van der Waals surface area (Å²) in [4.78, 5) is 14.7. The van der Waals surface area contributed by atoms with Gasteiger partial charge in [-0.3, -0.25) is 0 Å². The summed E-state index contributed by atoms with van der Waals surface area (Å²) in [5, 5.41) is 20.6. The second kappa shape index (κ2) is 11.8. The lowest BCUT2D eigenvalue weighted by molar-refractivity contribution is -0.757. The fourth-order valence-corrected chi connectivity index (χ4v) is 4.54. The van der Waals surface area contributed by atoms with Crippen LogP contribution in [0.5, 0.6) is 5.75 Å². The molecule has 5 nitrogen and oxygen atoms in total. The lowest BCUT2D eigenvalue weighted by Gasteiger charge is -2.32. The maximum Gasteiger partial charge on any atom is 0.294 e. The van der Waals surface area contributed by atoms with Gasteiger partial charge in [0.15, 0.2) is 0 Å². The van der Waals surface area contributed by atoms with Gasteiger partial charge in [-0.25, -0.2) is 0 Å². The molecule has 166 valence electrons. The molecule has 30 heavy (non-hydrogen) atoms. The number of hydrogen-bond donors (Lipinski definition) is 1. The number of nitrogens with zero attached hydrogens (tertiary/aromatic N) is 1. The van der Waals surface area contributed by atoms with Crippen molar-refractivity contribution in [2.45, 2.75) is 84.5 Å². The Hall–Kier alpha value is -2.30. The van der Waals surface area contributed by atoms with Gasteiger partial charge in [-0.1, -0.05) is 49.6 Å². The molecule has 0 aliphatic heterocycles. The van der Waals surface area contributed by atoms with Crippen molar-refractivity contribution in [3.05, 3.63) is 62.7 Å². The summed E-state index contributed by atoms with van der Waals surface area (Å²) in [6, 6.07) is 4.13. The van der Waals surface area contributed by atoms with Crippen LogP contribution in [0.2, 0.25) is 0 Å². The van der Waals surface area contributed by atoms with E-state index in [1.807, 2.05) is 6.07 Å². The summed E-state index contributed by atoms with van der Waals surface area (Å²) in [7, 11) is 0. The molecule has 0 aromatic heterocycles. The maximum atomic E-state index is 11.1. The van der Waals surface area contributed by atoms with E-state index in [2.05, 4.69) is 44.3 Å². The predicted molar refractivity (Wildman–Crippen MR) is 121 cm³/mol. The summed E-state index contributed by atoms with van der Waals surface area (Å²) in [6.07, 6.45) is 11.1. The zero-order valence-corrected chi connectivity index (χ0v) is 18.8. The van der Waals surface area contributed by atoms with Gasteiger partial charge in [0.05, 0.1) is 6.61 Å². The number of rotatable bonds is 12. The molecule has 1 aliphatic carbocycles. The molecule has 0 spiro atoms. The van der Waals surface area contributed by atoms with E-state index < -0.39 is 5.09 Å². The first kappa shape index (κ1) is 24.0. The molecule has 1 N–H and O–H groups in total. The number of phenolic OH excluding ortho intramolecular Hbond substituents is 1. The Morgan fingerprint density at radius 1 is 1.27 bits per heavy atom. The SMILES string of the molecule is C=C(C)[C@@H]1CCC(C)=C[C@H]1c1c(O)cc(CCCCO[N+](=O)[O-])cc1CCCCC. The van der Waals surface area contributed by atoms with Gasteiger partial charge in [0.2, 0.25) is 0 Å². The smallest absolute Gasteiger partial charge is 0.294 e. The Morgan fingerprint density at radius 2 is 2.00 bits per heavy atom. The molecule has 5 heteroatoms. The van der Waals surface area contributed by atoms with Crippen LogP contribution in [0.4, 0.5) is 0 Å². The minimum atomic E-state index is -0.746. The number of benzene rings is 1. The molecular weight excluding hydrogens is 378 g/mol. The predicted octanol–water partition coefficient (Wildman–Crippen LogP) is 6.67. The van der Waals surface area contributed by atoms with Crippen molar-refractivity contribution in [1.82, 2.24) is 0 Å². The van der Waals surface area contributed by atoms with E-state index in [0.29, 0.717) is 18.1 Å². The van der Waals surface area contributed by atoms with Gasteiger partial charge in [-0.15, -0.1) is 10.1 Å². The number of aromatic hydroxyl groups is 1. The summed E-state index contributed by atoms with van der Waals surface area (Å²) in [5.74, 6) is 0.910. The third-order valence-corrected chi connectivity index (χ3v) is 6.12. The Bertz CT molecular complexity index is 769.